The summed E-state index contributed by atoms with van der Waals surface area (Å²) in [7, 11) is 0. The molecule has 0 aliphatic carbocycles. The maximum atomic E-state index is 12.3. The first-order chi connectivity index (χ1) is 11.7. The summed E-state index contributed by atoms with van der Waals surface area (Å²) in [5.74, 6) is 0.482. The van der Waals surface area contributed by atoms with E-state index < -0.39 is 0 Å². The number of furan rings is 1. The van der Waals surface area contributed by atoms with Crippen LogP contribution in [0.1, 0.15) is 17.7 Å². The van der Waals surface area contributed by atoms with Crippen LogP contribution in [0.25, 0.3) is 6.08 Å². The van der Waals surface area contributed by atoms with Gasteiger partial charge in [-0.15, -0.1) is 0 Å². The molecule has 0 unspecified atom stereocenters. The summed E-state index contributed by atoms with van der Waals surface area (Å²) in [6, 6.07) is 13.7. The van der Waals surface area contributed by atoms with Gasteiger partial charge in [-0.05, 0) is 54.5 Å². The summed E-state index contributed by atoms with van der Waals surface area (Å²) in [6.07, 6.45) is 8.33. The first-order valence-electron chi connectivity index (χ1n) is 7.73. The van der Waals surface area contributed by atoms with Gasteiger partial charge in [0.25, 0.3) is 11.1 Å². The van der Waals surface area contributed by atoms with Gasteiger partial charge >= 0.3 is 0 Å². The molecular formula is C19H17NO3S. The second-order valence-electron chi connectivity index (χ2n) is 5.32. The highest BCUT2D eigenvalue weighted by Crippen LogP contribution is 2.30. The van der Waals surface area contributed by atoms with E-state index in [1.807, 2.05) is 36.4 Å². The van der Waals surface area contributed by atoms with Gasteiger partial charge in [-0.3, -0.25) is 14.5 Å². The molecule has 1 aliphatic rings. The smallest absolute Gasteiger partial charge is 0.293 e. The highest BCUT2D eigenvalue weighted by molar-refractivity contribution is 8.18. The van der Waals surface area contributed by atoms with Gasteiger partial charge in [-0.2, -0.15) is 0 Å². The van der Waals surface area contributed by atoms with Crippen LogP contribution in [-0.2, 0) is 11.2 Å². The van der Waals surface area contributed by atoms with Crippen LogP contribution in [-0.4, -0.2) is 22.6 Å². The Balaban J connectivity index is 1.55. The van der Waals surface area contributed by atoms with Crippen molar-refractivity contribution in [2.45, 2.75) is 12.8 Å². The normalized spacial score (nSPS) is 16.7. The third kappa shape index (κ3) is 4.06. The van der Waals surface area contributed by atoms with Gasteiger partial charge < -0.3 is 4.42 Å². The van der Waals surface area contributed by atoms with E-state index in [0.717, 1.165) is 24.6 Å². The lowest BCUT2D eigenvalue weighted by Crippen LogP contribution is -2.29. The average molecular weight is 339 g/mol. The van der Waals surface area contributed by atoms with Crippen molar-refractivity contribution in [2.75, 3.05) is 6.54 Å². The van der Waals surface area contributed by atoms with Gasteiger partial charge in [-0.25, -0.2) is 0 Å². The highest BCUT2D eigenvalue weighted by Gasteiger charge is 2.34. The Labute approximate surface area is 144 Å². The number of nitrogens with zero attached hydrogens (tertiary/aromatic N) is 1. The molecule has 2 heterocycles. The zero-order valence-electron chi connectivity index (χ0n) is 13.1. The number of benzene rings is 1. The Bertz CT molecular complexity index is 763. The monoisotopic (exact) mass is 339 g/mol. The van der Waals surface area contributed by atoms with Crippen molar-refractivity contribution in [1.29, 1.82) is 0 Å². The molecule has 0 spiro atoms. The molecule has 1 saturated heterocycles. The van der Waals surface area contributed by atoms with E-state index >= 15 is 0 Å². The van der Waals surface area contributed by atoms with E-state index in [-0.39, 0.29) is 11.1 Å². The molecule has 1 fully saturated rings. The second-order valence-corrected chi connectivity index (χ2v) is 6.31. The standard InChI is InChI=1S/C19H17NO3S/c21-18-17(12-4-10-16-11-6-14-23-16)24-19(22)20(18)13-5-9-15-7-2-1-3-8-15/h1-4,6-8,10-12,14H,5,9,13H2/b10-4+,17-12+. The molecule has 3 rings (SSSR count). The SMILES string of the molecule is O=C1S/C(=C/C=C/c2ccco2)C(=O)N1CCCc1ccccc1. The first-order valence-corrected chi connectivity index (χ1v) is 8.55. The Morgan fingerprint density at radius 1 is 1.08 bits per heavy atom. The van der Waals surface area contributed by atoms with Crippen LogP contribution in [0.2, 0.25) is 0 Å². The molecule has 0 N–H and O–H groups in total. The number of carbonyl (C=O) groups excluding carboxylic acids is 2. The topological polar surface area (TPSA) is 50.5 Å². The molecule has 1 aromatic heterocycles. The van der Waals surface area contributed by atoms with Crippen LogP contribution in [0.4, 0.5) is 4.79 Å². The van der Waals surface area contributed by atoms with Crippen molar-refractivity contribution in [3.63, 3.8) is 0 Å². The van der Waals surface area contributed by atoms with Crippen LogP contribution in [0, 0.1) is 0 Å². The van der Waals surface area contributed by atoms with Gasteiger partial charge in [-0.1, -0.05) is 36.4 Å². The number of rotatable bonds is 6. The summed E-state index contributed by atoms with van der Waals surface area (Å²) in [6.45, 7) is 0.443. The first kappa shape index (κ1) is 16.3. The fourth-order valence-electron chi connectivity index (χ4n) is 2.41. The fraction of sp³-hybridized carbons (Fsp3) is 0.158. The molecule has 4 nitrogen and oxygen atoms in total. The van der Waals surface area contributed by atoms with Gasteiger partial charge in [0.15, 0.2) is 0 Å². The lowest BCUT2D eigenvalue weighted by molar-refractivity contribution is -0.122. The minimum atomic E-state index is -0.220. The van der Waals surface area contributed by atoms with Gasteiger partial charge in [0.05, 0.1) is 11.2 Å². The second kappa shape index (κ2) is 7.84. The van der Waals surface area contributed by atoms with Crippen LogP contribution in [0.3, 0.4) is 0 Å². The molecule has 2 aromatic rings. The van der Waals surface area contributed by atoms with Crippen molar-refractivity contribution < 1.29 is 14.0 Å². The maximum Gasteiger partial charge on any atom is 0.293 e. The minimum absolute atomic E-state index is 0.203. The molecule has 0 radical (unpaired) electrons. The lowest BCUT2D eigenvalue weighted by Gasteiger charge is -2.11. The van der Waals surface area contributed by atoms with Crippen LogP contribution < -0.4 is 0 Å². The maximum absolute atomic E-state index is 12.3. The number of imide groups is 1. The molecule has 122 valence electrons. The van der Waals surface area contributed by atoms with E-state index in [1.165, 1.54) is 10.5 Å². The van der Waals surface area contributed by atoms with E-state index in [9.17, 15) is 9.59 Å². The quantitative estimate of drug-likeness (QED) is 0.727. The fourth-order valence-corrected chi connectivity index (χ4v) is 3.23. The van der Waals surface area contributed by atoms with Gasteiger partial charge in [0.1, 0.15) is 5.76 Å². The molecule has 24 heavy (non-hydrogen) atoms. The minimum Gasteiger partial charge on any atom is -0.465 e. The van der Waals surface area contributed by atoms with Crippen LogP contribution in [0.5, 0.6) is 0 Å². The van der Waals surface area contributed by atoms with Crippen LogP contribution in [0.15, 0.2) is 70.2 Å². The Morgan fingerprint density at radius 2 is 1.92 bits per heavy atom. The molecule has 1 aromatic carbocycles. The van der Waals surface area contributed by atoms with E-state index in [2.05, 4.69) is 0 Å². The average Bonchev–Trinajstić information content (AvgIpc) is 3.19. The molecule has 0 saturated carbocycles. The van der Waals surface area contributed by atoms with Crippen molar-refractivity contribution in [3.8, 4) is 0 Å². The van der Waals surface area contributed by atoms with Crippen molar-refractivity contribution in [3.05, 3.63) is 77.1 Å². The lowest BCUT2D eigenvalue weighted by atomic mass is 10.1. The third-order valence-electron chi connectivity index (χ3n) is 3.61. The molecule has 1 aliphatic heterocycles. The van der Waals surface area contributed by atoms with Crippen molar-refractivity contribution in [1.82, 2.24) is 4.90 Å². The van der Waals surface area contributed by atoms with Crippen molar-refractivity contribution >= 4 is 29.0 Å². The Hall–Kier alpha value is -2.53. The van der Waals surface area contributed by atoms with Crippen molar-refractivity contribution in [2.24, 2.45) is 0 Å². The highest BCUT2D eigenvalue weighted by atomic mass is 32.2. The number of allylic oxidation sites excluding steroid dienone is 2. The molecule has 2 amide bonds. The Kier molecular flexibility index (Phi) is 5.33. The molecular weight excluding hydrogens is 322 g/mol. The Morgan fingerprint density at radius 3 is 2.67 bits per heavy atom. The third-order valence-corrected chi connectivity index (χ3v) is 4.54. The predicted molar refractivity (Wildman–Crippen MR) is 95.3 cm³/mol. The van der Waals surface area contributed by atoms with E-state index in [4.69, 9.17) is 4.42 Å². The zero-order valence-corrected chi connectivity index (χ0v) is 13.9. The zero-order chi connectivity index (χ0) is 16.8. The number of aryl methyl sites for hydroxylation is 1. The largest absolute Gasteiger partial charge is 0.465 e. The molecule has 5 heteroatoms. The summed E-state index contributed by atoms with van der Waals surface area (Å²) >= 11 is 0.982. The van der Waals surface area contributed by atoms with E-state index in [0.29, 0.717) is 17.2 Å². The van der Waals surface area contributed by atoms with Gasteiger partial charge in [0.2, 0.25) is 0 Å². The summed E-state index contributed by atoms with van der Waals surface area (Å²) < 4.78 is 5.18. The number of carbonyl (C=O) groups is 2. The van der Waals surface area contributed by atoms with Gasteiger partial charge in [0, 0.05) is 6.54 Å². The summed E-state index contributed by atoms with van der Waals surface area (Å²) in [5, 5.41) is -0.203. The number of hydrogen-bond donors (Lipinski definition) is 0. The molecule has 0 bridgehead atoms. The van der Waals surface area contributed by atoms with Crippen LogP contribution >= 0.6 is 11.8 Å². The molecule has 0 atom stereocenters. The number of amides is 2. The number of thioether (sulfide) groups is 1. The summed E-state index contributed by atoms with van der Waals surface area (Å²) in [4.78, 5) is 26.1. The summed E-state index contributed by atoms with van der Waals surface area (Å²) in [5.41, 5.74) is 1.21. The number of hydrogen-bond acceptors (Lipinski definition) is 4. The van der Waals surface area contributed by atoms with E-state index in [1.54, 1.807) is 30.6 Å². The predicted octanol–water partition coefficient (Wildman–Crippen LogP) is 4.50.